The van der Waals surface area contributed by atoms with Gasteiger partial charge < -0.3 is 14.6 Å². The molecule has 0 radical (unpaired) electrons. The van der Waals surface area contributed by atoms with Crippen LogP contribution in [0.15, 0.2) is 18.2 Å². The molecule has 1 N–H and O–H groups in total. The smallest absolute Gasteiger partial charge is 0.168 e. The molecule has 1 aromatic carbocycles. The minimum absolute atomic E-state index is 0.00597. The second-order valence-corrected chi connectivity index (χ2v) is 6.95. The summed E-state index contributed by atoms with van der Waals surface area (Å²) in [5.74, 6) is 1.36. The monoisotopic (exact) mass is 272 g/mol. The lowest BCUT2D eigenvalue weighted by molar-refractivity contribution is 0.193. The van der Waals surface area contributed by atoms with Gasteiger partial charge in [0.05, 0.1) is 11.6 Å². The largest absolute Gasteiger partial charge is 0.487 e. The summed E-state index contributed by atoms with van der Waals surface area (Å²) >= 11 is 0. The van der Waals surface area contributed by atoms with Gasteiger partial charge in [0.1, 0.15) is 6.61 Å². The summed E-state index contributed by atoms with van der Waals surface area (Å²) in [7, 11) is 7.13. The van der Waals surface area contributed by atoms with Gasteiger partial charge in [0.25, 0.3) is 0 Å². The van der Waals surface area contributed by atoms with E-state index in [1.165, 1.54) is 5.56 Å². The number of aliphatic hydroxyl groups excluding tert-OH is 1. The molecule has 0 amide bonds. The van der Waals surface area contributed by atoms with E-state index >= 15 is 0 Å². The standard InChI is InChI=1S/C11H19BO3P2/c1-2-8-3-4-9(14-6-5-13)10(7-8)15-11(12,16)17/h3-4,7,13H,2,5-6,12,16-17H2,1H3. The minimum atomic E-state index is -0.427. The van der Waals surface area contributed by atoms with Crippen molar-refractivity contribution in [3.63, 3.8) is 0 Å². The first-order valence-electron chi connectivity index (χ1n) is 5.59. The summed E-state index contributed by atoms with van der Waals surface area (Å²) in [5, 5.41) is 8.78. The Morgan fingerprint density at radius 2 is 2.06 bits per heavy atom. The first-order valence-corrected chi connectivity index (χ1v) is 6.75. The molecular weight excluding hydrogens is 253 g/mol. The first-order chi connectivity index (χ1) is 7.96. The summed E-state index contributed by atoms with van der Waals surface area (Å²) in [5.41, 5.74) is 1.19. The van der Waals surface area contributed by atoms with Gasteiger partial charge in [0.2, 0.25) is 0 Å². The molecular formula is C11H19BO3P2. The number of benzene rings is 1. The fraction of sp³-hybridized carbons (Fsp3) is 0.455. The van der Waals surface area contributed by atoms with Crippen LogP contribution in [0, 0.1) is 0 Å². The SMILES string of the molecule is BC(P)(P)Oc1cc(CC)ccc1OCCO. The normalized spacial score (nSPS) is 11.3. The molecule has 0 bridgehead atoms. The van der Waals surface area contributed by atoms with Crippen LogP contribution in [-0.4, -0.2) is 31.1 Å². The Bertz CT molecular complexity index is 366. The van der Waals surface area contributed by atoms with E-state index in [0.29, 0.717) is 11.5 Å². The maximum atomic E-state index is 8.78. The molecule has 0 saturated heterocycles. The van der Waals surface area contributed by atoms with Gasteiger partial charge in [0.15, 0.2) is 19.3 Å². The van der Waals surface area contributed by atoms with Crippen LogP contribution < -0.4 is 9.47 Å². The zero-order valence-electron chi connectivity index (χ0n) is 10.3. The van der Waals surface area contributed by atoms with Crippen LogP contribution in [0.5, 0.6) is 11.5 Å². The van der Waals surface area contributed by atoms with Crippen molar-refractivity contribution in [1.82, 2.24) is 0 Å². The Kier molecular flexibility index (Phi) is 5.72. The van der Waals surface area contributed by atoms with Crippen molar-refractivity contribution < 1.29 is 14.6 Å². The molecule has 0 spiro atoms. The van der Waals surface area contributed by atoms with E-state index in [1.807, 2.05) is 26.0 Å². The molecule has 6 heteroatoms. The van der Waals surface area contributed by atoms with E-state index in [0.717, 1.165) is 6.42 Å². The van der Waals surface area contributed by atoms with Crippen molar-refractivity contribution in [3.8, 4) is 11.5 Å². The lowest BCUT2D eigenvalue weighted by Gasteiger charge is -2.23. The van der Waals surface area contributed by atoms with Crippen molar-refractivity contribution in [2.75, 3.05) is 13.2 Å². The van der Waals surface area contributed by atoms with Crippen LogP contribution in [0.1, 0.15) is 12.5 Å². The third-order valence-corrected chi connectivity index (χ3v) is 2.33. The van der Waals surface area contributed by atoms with E-state index in [9.17, 15) is 0 Å². The number of aryl methyl sites for hydroxylation is 1. The molecule has 2 atom stereocenters. The molecule has 0 aliphatic rings. The van der Waals surface area contributed by atoms with Gasteiger partial charge in [-0.15, -0.1) is 0 Å². The van der Waals surface area contributed by atoms with Gasteiger partial charge in [-0.1, -0.05) is 31.5 Å². The first kappa shape index (κ1) is 14.8. The van der Waals surface area contributed by atoms with E-state index in [4.69, 9.17) is 14.6 Å². The summed E-state index contributed by atoms with van der Waals surface area (Å²) in [4.78, 5) is -0.427. The lowest BCUT2D eigenvalue weighted by atomic mass is 10.1. The van der Waals surface area contributed by atoms with Crippen molar-refractivity contribution in [2.24, 2.45) is 0 Å². The minimum Gasteiger partial charge on any atom is -0.487 e. The molecule has 17 heavy (non-hydrogen) atoms. The fourth-order valence-corrected chi connectivity index (χ4v) is 1.62. The van der Waals surface area contributed by atoms with Crippen molar-refractivity contribution in [1.29, 1.82) is 0 Å². The molecule has 0 aliphatic carbocycles. The second-order valence-electron chi connectivity index (χ2n) is 3.99. The van der Waals surface area contributed by atoms with Crippen molar-refractivity contribution >= 4 is 26.3 Å². The summed E-state index contributed by atoms with van der Waals surface area (Å²) in [6.45, 7) is 2.36. The molecule has 1 rings (SSSR count). The number of ether oxygens (including phenoxy) is 2. The Morgan fingerprint density at radius 1 is 1.35 bits per heavy atom. The average Bonchev–Trinajstić information content (AvgIpc) is 2.25. The van der Waals surface area contributed by atoms with Crippen LogP contribution in [0.4, 0.5) is 0 Å². The maximum absolute atomic E-state index is 8.78. The molecule has 94 valence electrons. The van der Waals surface area contributed by atoms with E-state index < -0.39 is 4.98 Å². The highest BCUT2D eigenvalue weighted by Crippen LogP contribution is 2.35. The molecule has 0 aromatic heterocycles. The van der Waals surface area contributed by atoms with Gasteiger partial charge >= 0.3 is 0 Å². The highest BCUT2D eigenvalue weighted by molar-refractivity contribution is 7.43. The van der Waals surface area contributed by atoms with Gasteiger partial charge in [0, 0.05) is 0 Å². The van der Waals surface area contributed by atoms with Crippen LogP contribution in [0.3, 0.4) is 0 Å². The molecule has 3 nitrogen and oxygen atoms in total. The molecule has 1 aromatic rings. The van der Waals surface area contributed by atoms with Gasteiger partial charge in [-0.25, -0.2) is 0 Å². The second kappa shape index (κ2) is 6.59. The zero-order chi connectivity index (χ0) is 12.9. The average molecular weight is 272 g/mol. The summed E-state index contributed by atoms with van der Waals surface area (Å²) in [6.07, 6.45) is 0.946. The third-order valence-electron chi connectivity index (χ3n) is 2.10. The summed E-state index contributed by atoms with van der Waals surface area (Å²) < 4.78 is 11.2. The fourth-order valence-electron chi connectivity index (χ4n) is 1.36. The van der Waals surface area contributed by atoms with Crippen LogP contribution in [0.25, 0.3) is 0 Å². The van der Waals surface area contributed by atoms with E-state index in [-0.39, 0.29) is 13.2 Å². The van der Waals surface area contributed by atoms with Gasteiger partial charge in [-0.2, -0.15) is 0 Å². The predicted molar refractivity (Wildman–Crippen MR) is 79.7 cm³/mol. The molecule has 0 saturated carbocycles. The number of hydrogen-bond donors (Lipinski definition) is 1. The van der Waals surface area contributed by atoms with Crippen molar-refractivity contribution in [3.05, 3.63) is 23.8 Å². The lowest BCUT2D eigenvalue weighted by Crippen LogP contribution is -2.20. The highest BCUT2D eigenvalue weighted by Gasteiger charge is 2.16. The molecule has 0 heterocycles. The number of rotatable bonds is 6. The molecule has 0 aliphatic heterocycles. The maximum Gasteiger partial charge on any atom is 0.168 e. The highest BCUT2D eigenvalue weighted by atomic mass is 31.1. The molecule has 2 unspecified atom stereocenters. The zero-order valence-corrected chi connectivity index (χ0v) is 12.6. The Morgan fingerprint density at radius 3 is 2.59 bits per heavy atom. The Hall–Kier alpha value is -0.295. The number of hydrogen-bond acceptors (Lipinski definition) is 3. The number of aliphatic hydroxyl groups is 1. The van der Waals surface area contributed by atoms with Crippen LogP contribution >= 0.6 is 18.5 Å². The van der Waals surface area contributed by atoms with Crippen molar-refractivity contribution in [2.45, 2.75) is 18.3 Å². The van der Waals surface area contributed by atoms with Crippen LogP contribution in [0.2, 0.25) is 0 Å². The van der Waals surface area contributed by atoms with Crippen LogP contribution in [-0.2, 0) is 6.42 Å². The molecule has 0 fully saturated rings. The quantitative estimate of drug-likeness (QED) is 0.620. The van der Waals surface area contributed by atoms with E-state index in [1.54, 1.807) is 0 Å². The Balaban J connectivity index is 2.94. The van der Waals surface area contributed by atoms with Gasteiger partial charge in [-0.3, -0.25) is 0 Å². The van der Waals surface area contributed by atoms with E-state index in [2.05, 4.69) is 25.4 Å². The Labute approximate surface area is 108 Å². The topological polar surface area (TPSA) is 38.7 Å². The summed E-state index contributed by atoms with van der Waals surface area (Å²) in [6, 6.07) is 5.85. The van der Waals surface area contributed by atoms with Gasteiger partial charge in [-0.05, 0) is 24.1 Å². The predicted octanol–water partition coefficient (Wildman–Crippen LogP) is 0.993. The third kappa shape index (κ3) is 5.25.